The van der Waals surface area contributed by atoms with Gasteiger partial charge in [-0.2, -0.15) is 0 Å². The number of nitro benzene ring substituents is 2. The Morgan fingerprint density at radius 3 is 1.54 bits per heavy atom. The number of anilines is 1. The van der Waals surface area contributed by atoms with E-state index in [-0.39, 0.29) is 38.7 Å². The van der Waals surface area contributed by atoms with Gasteiger partial charge in [-0.05, 0) is 60.9 Å². The fourth-order valence-corrected chi connectivity index (χ4v) is 5.02. The first-order valence-corrected chi connectivity index (χ1v) is 11.9. The Bertz CT molecular complexity index is 1210. The van der Waals surface area contributed by atoms with E-state index in [0.29, 0.717) is 11.1 Å². The molecule has 3 aromatic rings. The predicted molar refractivity (Wildman–Crippen MR) is 138 cm³/mol. The second-order valence-electron chi connectivity index (χ2n) is 10.4. The Morgan fingerprint density at radius 1 is 0.743 bits per heavy atom. The van der Waals surface area contributed by atoms with Gasteiger partial charge in [-0.1, -0.05) is 57.2 Å². The molecule has 7 heteroatoms. The van der Waals surface area contributed by atoms with Gasteiger partial charge in [-0.15, -0.1) is 0 Å². The van der Waals surface area contributed by atoms with E-state index in [9.17, 15) is 20.2 Å². The molecule has 1 fully saturated rings. The van der Waals surface area contributed by atoms with E-state index in [0.717, 1.165) is 29.7 Å². The van der Waals surface area contributed by atoms with Crippen LogP contribution in [0.15, 0.2) is 60.7 Å². The summed E-state index contributed by atoms with van der Waals surface area (Å²) in [4.78, 5) is 24.8. The number of rotatable bonds is 5. The Hall–Kier alpha value is -3.74. The summed E-state index contributed by atoms with van der Waals surface area (Å²) in [6.45, 7) is 9.99. The summed E-state index contributed by atoms with van der Waals surface area (Å²) in [5.74, 6) is 0. The van der Waals surface area contributed by atoms with Gasteiger partial charge >= 0.3 is 0 Å². The van der Waals surface area contributed by atoms with E-state index in [2.05, 4.69) is 49.9 Å². The molecule has 0 saturated carbocycles. The summed E-state index contributed by atoms with van der Waals surface area (Å²) in [5.41, 5.74) is 5.46. The fraction of sp³-hybridized carbons (Fsp3) is 0.357. The normalized spacial score (nSPS) is 18.0. The highest BCUT2D eigenvalue weighted by atomic mass is 16.6. The van der Waals surface area contributed by atoms with Crippen molar-refractivity contribution < 1.29 is 9.85 Å². The number of nitrogens with zero attached hydrogens (tertiary/aromatic N) is 3. The lowest BCUT2D eigenvalue weighted by atomic mass is 9.87. The first-order valence-electron chi connectivity index (χ1n) is 11.9. The van der Waals surface area contributed by atoms with E-state index in [4.69, 9.17) is 0 Å². The smallest absolute Gasteiger partial charge is 0.272 e. The maximum absolute atomic E-state index is 11.6. The van der Waals surface area contributed by atoms with E-state index in [1.165, 1.54) is 5.56 Å². The van der Waals surface area contributed by atoms with Gasteiger partial charge in [0.05, 0.1) is 21.9 Å². The molecule has 7 nitrogen and oxygen atoms in total. The minimum Gasteiger partial charge on any atom is -0.357 e. The van der Waals surface area contributed by atoms with E-state index in [1.54, 1.807) is 38.1 Å². The summed E-state index contributed by atoms with van der Waals surface area (Å²) < 4.78 is 0. The minimum atomic E-state index is -0.336. The largest absolute Gasteiger partial charge is 0.357 e. The standard InChI is InChI=1S/C28H31N3O4/c1-18-6-8-20(16-26(18)30(32)33)24-14-15-25(21-9-7-19(2)27(17-21)31(34)35)29(24)23-12-10-22(11-13-23)28(3,4)5/h6-13,16-17,24-25H,14-15H2,1-5H3. The van der Waals surface area contributed by atoms with Gasteiger partial charge in [0.25, 0.3) is 11.4 Å². The minimum absolute atomic E-state index is 0.0114. The highest BCUT2D eigenvalue weighted by molar-refractivity contribution is 5.57. The molecular formula is C28H31N3O4. The quantitative estimate of drug-likeness (QED) is 0.283. The maximum atomic E-state index is 11.6. The summed E-state index contributed by atoms with van der Waals surface area (Å²) in [6, 6.07) is 19.2. The van der Waals surface area contributed by atoms with Crippen molar-refractivity contribution in [3.05, 3.63) is 109 Å². The van der Waals surface area contributed by atoms with Crippen LogP contribution in [-0.4, -0.2) is 9.85 Å². The lowest BCUT2D eigenvalue weighted by Gasteiger charge is -2.34. The zero-order chi connectivity index (χ0) is 25.5. The van der Waals surface area contributed by atoms with Crippen molar-refractivity contribution in [2.24, 2.45) is 0 Å². The molecule has 0 aromatic heterocycles. The van der Waals surface area contributed by atoms with Gasteiger partial charge in [0.2, 0.25) is 0 Å². The summed E-state index contributed by atoms with van der Waals surface area (Å²) >= 11 is 0. The van der Waals surface area contributed by atoms with Crippen molar-refractivity contribution in [1.82, 2.24) is 0 Å². The second-order valence-corrected chi connectivity index (χ2v) is 10.4. The van der Waals surface area contributed by atoms with Crippen LogP contribution in [0.2, 0.25) is 0 Å². The first kappa shape index (κ1) is 24.4. The number of aryl methyl sites for hydroxylation is 2. The summed E-state index contributed by atoms with van der Waals surface area (Å²) in [7, 11) is 0. The average molecular weight is 474 g/mol. The molecule has 2 unspecified atom stereocenters. The molecule has 2 atom stereocenters. The third kappa shape index (κ3) is 4.76. The molecular weight excluding hydrogens is 442 g/mol. The SMILES string of the molecule is Cc1ccc(C2CCC(c3ccc(C)c([N+](=O)[O-])c3)N2c2ccc(C(C)(C)C)cc2)cc1[N+](=O)[O-]. The molecule has 1 saturated heterocycles. The van der Waals surface area contributed by atoms with Crippen LogP contribution in [-0.2, 0) is 5.41 Å². The Morgan fingerprint density at radius 2 is 1.17 bits per heavy atom. The number of nitro groups is 2. The molecule has 0 aliphatic carbocycles. The average Bonchev–Trinajstić information content (AvgIpc) is 3.24. The highest BCUT2D eigenvalue weighted by Gasteiger charge is 2.37. The van der Waals surface area contributed by atoms with Gasteiger partial charge in [0.1, 0.15) is 0 Å². The van der Waals surface area contributed by atoms with Gasteiger partial charge in [-0.3, -0.25) is 20.2 Å². The molecule has 182 valence electrons. The lowest BCUT2D eigenvalue weighted by molar-refractivity contribution is -0.385. The van der Waals surface area contributed by atoms with Crippen molar-refractivity contribution in [1.29, 1.82) is 0 Å². The second kappa shape index (κ2) is 9.13. The number of benzene rings is 3. The maximum Gasteiger partial charge on any atom is 0.272 e. The van der Waals surface area contributed by atoms with Crippen molar-refractivity contribution in [2.45, 2.75) is 65.0 Å². The Kier molecular flexibility index (Phi) is 6.36. The predicted octanol–water partition coefficient (Wildman–Crippen LogP) is 7.50. The van der Waals surface area contributed by atoms with Crippen LogP contribution in [0.3, 0.4) is 0 Å². The summed E-state index contributed by atoms with van der Waals surface area (Å²) in [5, 5.41) is 23.2. The highest BCUT2D eigenvalue weighted by Crippen LogP contribution is 2.48. The van der Waals surface area contributed by atoms with E-state index < -0.39 is 0 Å². The third-order valence-electron chi connectivity index (χ3n) is 7.05. The molecule has 4 rings (SSSR count). The van der Waals surface area contributed by atoms with Crippen LogP contribution in [0.25, 0.3) is 0 Å². The van der Waals surface area contributed by atoms with Crippen LogP contribution in [0, 0.1) is 34.1 Å². The summed E-state index contributed by atoms with van der Waals surface area (Å²) in [6.07, 6.45) is 1.57. The zero-order valence-electron chi connectivity index (χ0n) is 20.8. The molecule has 3 aromatic carbocycles. The third-order valence-corrected chi connectivity index (χ3v) is 7.05. The monoisotopic (exact) mass is 473 g/mol. The van der Waals surface area contributed by atoms with Crippen molar-refractivity contribution >= 4 is 17.1 Å². The number of hydrogen-bond donors (Lipinski definition) is 0. The van der Waals surface area contributed by atoms with E-state index >= 15 is 0 Å². The topological polar surface area (TPSA) is 89.5 Å². The molecule has 1 aliphatic rings. The number of hydrogen-bond acceptors (Lipinski definition) is 5. The molecule has 0 bridgehead atoms. The van der Waals surface area contributed by atoms with Crippen molar-refractivity contribution in [3.8, 4) is 0 Å². The zero-order valence-corrected chi connectivity index (χ0v) is 20.8. The van der Waals surface area contributed by atoms with Crippen LogP contribution >= 0.6 is 0 Å². The lowest BCUT2D eigenvalue weighted by Crippen LogP contribution is -2.26. The van der Waals surface area contributed by atoms with Gasteiger partial charge in [0, 0.05) is 28.9 Å². The fourth-order valence-electron chi connectivity index (χ4n) is 5.02. The first-order chi connectivity index (χ1) is 16.5. The van der Waals surface area contributed by atoms with Crippen LogP contribution in [0.1, 0.15) is 73.5 Å². The van der Waals surface area contributed by atoms with Crippen LogP contribution in [0.5, 0.6) is 0 Å². The van der Waals surface area contributed by atoms with Crippen LogP contribution in [0.4, 0.5) is 17.1 Å². The molecule has 1 heterocycles. The molecule has 0 spiro atoms. The van der Waals surface area contributed by atoms with Gasteiger partial charge < -0.3 is 4.90 Å². The van der Waals surface area contributed by atoms with Crippen molar-refractivity contribution in [2.75, 3.05) is 4.90 Å². The molecule has 1 aliphatic heterocycles. The van der Waals surface area contributed by atoms with Gasteiger partial charge in [-0.25, -0.2) is 0 Å². The van der Waals surface area contributed by atoms with E-state index in [1.807, 2.05) is 12.1 Å². The van der Waals surface area contributed by atoms with Gasteiger partial charge in [0.15, 0.2) is 0 Å². The van der Waals surface area contributed by atoms with Crippen LogP contribution < -0.4 is 4.90 Å². The Labute approximate surface area is 205 Å². The molecule has 0 amide bonds. The molecule has 35 heavy (non-hydrogen) atoms. The Balaban J connectivity index is 1.82. The molecule has 0 N–H and O–H groups in total. The molecule has 0 radical (unpaired) electrons. The van der Waals surface area contributed by atoms with Crippen molar-refractivity contribution in [3.63, 3.8) is 0 Å².